The molecule has 1 saturated heterocycles. The highest BCUT2D eigenvalue weighted by atomic mass is 19.3. The van der Waals surface area contributed by atoms with E-state index < -0.39 is 17.9 Å². The van der Waals surface area contributed by atoms with Crippen molar-refractivity contribution in [3.05, 3.63) is 82.4 Å². The number of nitrogens with one attached hydrogen (secondary N) is 2. The largest absolute Gasteiger partial charge is 0.329 e. The van der Waals surface area contributed by atoms with Crippen LogP contribution in [0.4, 0.5) is 14.6 Å². The average Bonchev–Trinajstić information content (AvgIpc) is 2.80. The Morgan fingerprint density at radius 3 is 2.70 bits per heavy atom. The Bertz CT molecular complexity index is 1170. The van der Waals surface area contributed by atoms with E-state index in [1.807, 2.05) is 31.2 Å². The number of nitrogens with zero attached hydrogens (tertiary/aromatic N) is 2. The van der Waals surface area contributed by atoms with E-state index in [4.69, 9.17) is 0 Å². The summed E-state index contributed by atoms with van der Waals surface area (Å²) in [7, 11) is 0. The van der Waals surface area contributed by atoms with Gasteiger partial charge in [0, 0.05) is 43.5 Å². The number of carbonyl (C=O) groups excluding carboxylic acids is 1. The third kappa shape index (κ3) is 5.17. The summed E-state index contributed by atoms with van der Waals surface area (Å²) >= 11 is 0. The van der Waals surface area contributed by atoms with Crippen molar-refractivity contribution in [1.29, 1.82) is 0 Å². The second-order valence-corrected chi connectivity index (χ2v) is 8.51. The van der Waals surface area contributed by atoms with Crippen LogP contribution in [0.5, 0.6) is 0 Å². The van der Waals surface area contributed by atoms with Crippen LogP contribution < -0.4 is 10.9 Å². The minimum atomic E-state index is -2.92. The molecule has 0 aliphatic carbocycles. The lowest BCUT2D eigenvalue weighted by Crippen LogP contribution is -2.52. The molecule has 33 heavy (non-hydrogen) atoms. The van der Waals surface area contributed by atoms with E-state index in [9.17, 15) is 18.4 Å². The average molecular weight is 453 g/mol. The fourth-order valence-electron chi connectivity index (χ4n) is 4.13. The molecule has 2 aromatic heterocycles. The second-order valence-electron chi connectivity index (χ2n) is 8.51. The number of aromatic nitrogens is 2. The van der Waals surface area contributed by atoms with Gasteiger partial charge in [-0.1, -0.05) is 35.9 Å². The lowest BCUT2D eigenvalue weighted by molar-refractivity contribution is -0.125. The number of alkyl halides is 2. The van der Waals surface area contributed by atoms with E-state index in [2.05, 4.69) is 21.4 Å². The van der Waals surface area contributed by atoms with Crippen LogP contribution >= 0.6 is 0 Å². The molecule has 0 radical (unpaired) electrons. The van der Waals surface area contributed by atoms with Gasteiger partial charge in [-0.3, -0.25) is 14.5 Å². The quantitative estimate of drug-likeness (QED) is 0.608. The first-order chi connectivity index (χ1) is 15.7. The minimum Gasteiger partial charge on any atom is -0.329 e. The fourth-order valence-corrected chi connectivity index (χ4v) is 4.13. The van der Waals surface area contributed by atoms with Crippen molar-refractivity contribution < 1.29 is 13.6 Å². The van der Waals surface area contributed by atoms with Crippen molar-refractivity contribution >= 4 is 11.7 Å². The van der Waals surface area contributed by atoms with Gasteiger partial charge in [0.1, 0.15) is 5.82 Å². The molecule has 172 valence electrons. The van der Waals surface area contributed by atoms with Gasteiger partial charge in [0.2, 0.25) is 11.5 Å². The van der Waals surface area contributed by atoms with Crippen LogP contribution in [0.2, 0.25) is 0 Å². The van der Waals surface area contributed by atoms with Gasteiger partial charge in [-0.15, -0.1) is 0 Å². The van der Waals surface area contributed by atoms with E-state index in [0.717, 1.165) is 16.7 Å². The van der Waals surface area contributed by atoms with Crippen LogP contribution in [0.3, 0.4) is 0 Å². The zero-order valence-corrected chi connectivity index (χ0v) is 18.5. The number of hydrogen-bond acceptors (Lipinski definition) is 4. The SMILES string of the molecule is Cc1cccc(-c2ccc(NC(=O)C(C)N3CCC(F)(F)C(c4ccc(=O)[nH]c4)C3)nc2)c1. The number of amides is 1. The van der Waals surface area contributed by atoms with Crippen molar-refractivity contribution in [1.82, 2.24) is 14.9 Å². The molecule has 1 amide bonds. The van der Waals surface area contributed by atoms with Crippen LogP contribution in [0.1, 0.15) is 30.4 Å². The van der Waals surface area contributed by atoms with Crippen molar-refractivity contribution in [2.45, 2.75) is 38.2 Å². The Hall–Kier alpha value is -3.39. The van der Waals surface area contributed by atoms with Crippen molar-refractivity contribution in [2.24, 2.45) is 0 Å². The van der Waals surface area contributed by atoms with Crippen molar-refractivity contribution in [2.75, 3.05) is 18.4 Å². The highest BCUT2D eigenvalue weighted by Crippen LogP contribution is 2.40. The molecule has 0 bridgehead atoms. The molecule has 1 aromatic carbocycles. The number of aromatic amines is 1. The molecule has 3 aromatic rings. The summed E-state index contributed by atoms with van der Waals surface area (Å²) in [5.41, 5.74) is 3.13. The molecular formula is C25H26F2N4O2. The predicted molar refractivity (Wildman–Crippen MR) is 123 cm³/mol. The van der Waals surface area contributed by atoms with Crippen molar-refractivity contribution in [3.63, 3.8) is 0 Å². The van der Waals surface area contributed by atoms with E-state index in [1.165, 1.54) is 18.3 Å². The zero-order chi connectivity index (χ0) is 23.6. The molecule has 1 aliphatic heterocycles. The van der Waals surface area contributed by atoms with Gasteiger partial charge in [0.15, 0.2) is 0 Å². The summed E-state index contributed by atoms with van der Waals surface area (Å²) in [5.74, 6) is -3.93. The van der Waals surface area contributed by atoms with Gasteiger partial charge >= 0.3 is 0 Å². The van der Waals surface area contributed by atoms with Crippen LogP contribution in [0.15, 0.2) is 65.7 Å². The molecule has 2 N–H and O–H groups in total. The number of anilines is 1. The maximum absolute atomic E-state index is 14.6. The molecule has 3 heterocycles. The van der Waals surface area contributed by atoms with E-state index in [-0.39, 0.29) is 31.0 Å². The highest BCUT2D eigenvalue weighted by molar-refractivity contribution is 5.93. The summed E-state index contributed by atoms with van der Waals surface area (Å²) in [5, 5.41) is 2.79. The molecule has 2 unspecified atom stereocenters. The molecule has 8 heteroatoms. The minimum absolute atomic E-state index is 0.00730. The molecule has 0 saturated carbocycles. The van der Waals surface area contributed by atoms with Crippen LogP contribution in [-0.4, -0.2) is 45.8 Å². The molecule has 1 aliphatic rings. The topological polar surface area (TPSA) is 78.1 Å². The molecule has 1 fully saturated rings. The Labute approximate surface area is 190 Å². The van der Waals surface area contributed by atoms with E-state index in [1.54, 1.807) is 24.1 Å². The monoisotopic (exact) mass is 452 g/mol. The highest BCUT2D eigenvalue weighted by Gasteiger charge is 2.46. The third-order valence-corrected chi connectivity index (χ3v) is 6.16. The molecule has 6 nitrogen and oxygen atoms in total. The van der Waals surface area contributed by atoms with Crippen LogP contribution in [-0.2, 0) is 4.79 Å². The molecule has 0 spiro atoms. The summed E-state index contributed by atoms with van der Waals surface area (Å²) in [6.45, 7) is 3.82. The summed E-state index contributed by atoms with van der Waals surface area (Å²) in [6, 6.07) is 13.7. The first kappa shape index (κ1) is 22.8. The first-order valence-electron chi connectivity index (χ1n) is 10.9. The van der Waals surface area contributed by atoms with Crippen LogP contribution in [0, 0.1) is 6.92 Å². The van der Waals surface area contributed by atoms with Gasteiger partial charge in [0.05, 0.1) is 12.0 Å². The smallest absolute Gasteiger partial charge is 0.257 e. The Morgan fingerprint density at radius 2 is 2.03 bits per heavy atom. The fraction of sp³-hybridized carbons (Fsp3) is 0.320. The number of carbonyl (C=O) groups is 1. The molecule has 4 rings (SSSR count). The molecule has 2 atom stereocenters. The number of halogens is 2. The standard InChI is InChI=1S/C25H26F2N4O2/c1-16-4-3-5-18(12-16)19-6-8-22(28-13-19)30-24(33)17(2)31-11-10-25(26,27)21(15-31)20-7-9-23(32)29-14-20/h3-9,12-14,17,21H,10-11,15H2,1-2H3,(H,29,32)(H,28,30,33). The normalized spacial score (nSPS) is 19.1. The third-order valence-electron chi connectivity index (χ3n) is 6.16. The Balaban J connectivity index is 1.43. The van der Waals surface area contributed by atoms with E-state index in [0.29, 0.717) is 11.4 Å². The number of pyridine rings is 2. The molecular weight excluding hydrogens is 426 g/mol. The number of rotatable bonds is 5. The van der Waals surface area contributed by atoms with Gasteiger partial charge < -0.3 is 10.3 Å². The first-order valence-corrected chi connectivity index (χ1v) is 10.9. The van der Waals surface area contributed by atoms with Crippen LogP contribution in [0.25, 0.3) is 11.1 Å². The number of H-pyrrole nitrogens is 1. The van der Waals surface area contributed by atoms with E-state index >= 15 is 0 Å². The second kappa shape index (κ2) is 9.23. The summed E-state index contributed by atoms with van der Waals surface area (Å²) in [4.78, 5) is 32.7. The number of likely N-dealkylation sites (tertiary alicyclic amines) is 1. The zero-order valence-electron chi connectivity index (χ0n) is 18.5. The maximum Gasteiger partial charge on any atom is 0.257 e. The lowest BCUT2D eigenvalue weighted by Gasteiger charge is -2.40. The van der Waals surface area contributed by atoms with Gasteiger partial charge in [-0.2, -0.15) is 0 Å². The Kier molecular flexibility index (Phi) is 6.37. The van der Waals surface area contributed by atoms with Gasteiger partial charge in [0.25, 0.3) is 5.92 Å². The van der Waals surface area contributed by atoms with Gasteiger partial charge in [-0.25, -0.2) is 13.8 Å². The van der Waals surface area contributed by atoms with Crippen molar-refractivity contribution in [3.8, 4) is 11.1 Å². The number of piperidine rings is 1. The number of hydrogen-bond donors (Lipinski definition) is 2. The Morgan fingerprint density at radius 1 is 1.21 bits per heavy atom. The summed E-state index contributed by atoms with van der Waals surface area (Å²) < 4.78 is 29.2. The number of aryl methyl sites for hydroxylation is 1. The summed E-state index contributed by atoms with van der Waals surface area (Å²) in [6.07, 6.45) is 2.66. The lowest BCUT2D eigenvalue weighted by atomic mass is 9.87. The number of benzene rings is 1. The van der Waals surface area contributed by atoms with Gasteiger partial charge in [-0.05, 0) is 37.1 Å². The predicted octanol–water partition coefficient (Wildman–Crippen LogP) is 4.20. The maximum atomic E-state index is 14.6.